The third kappa shape index (κ3) is 1.91. The highest BCUT2D eigenvalue weighted by Crippen LogP contribution is 2.15. The summed E-state index contributed by atoms with van der Waals surface area (Å²) in [7, 11) is 0. The lowest BCUT2D eigenvalue weighted by Crippen LogP contribution is -1.95. The highest BCUT2D eigenvalue weighted by Gasteiger charge is 2.02. The van der Waals surface area contributed by atoms with E-state index >= 15 is 0 Å². The first kappa shape index (κ1) is 8.91. The van der Waals surface area contributed by atoms with E-state index in [9.17, 15) is 4.79 Å². The zero-order valence-corrected chi connectivity index (χ0v) is 7.45. The summed E-state index contributed by atoms with van der Waals surface area (Å²) in [5.74, 6) is 0.478. The van der Waals surface area contributed by atoms with Gasteiger partial charge in [0.25, 0.3) is 0 Å². The van der Waals surface area contributed by atoms with E-state index in [0.29, 0.717) is 11.5 Å². The van der Waals surface area contributed by atoms with Gasteiger partial charge in [-0.25, -0.2) is 0 Å². The Balaban J connectivity index is 2.84. The largest absolute Gasteiger partial charge is 0.298 e. The van der Waals surface area contributed by atoms with Crippen LogP contribution in [0, 0.1) is 0 Å². The van der Waals surface area contributed by atoms with Gasteiger partial charge in [-0.2, -0.15) is 0 Å². The molecule has 1 unspecified atom stereocenters. The molecule has 0 bridgehead atoms. The topological polar surface area (TPSA) is 30.0 Å². The average Bonchev–Trinajstić information content (AvgIpc) is 2.17. The van der Waals surface area contributed by atoms with Crippen molar-refractivity contribution >= 4 is 6.29 Å². The summed E-state index contributed by atoms with van der Waals surface area (Å²) in [4.78, 5) is 14.5. The molecule has 0 aliphatic rings. The summed E-state index contributed by atoms with van der Waals surface area (Å²) < 4.78 is 0. The molecule has 1 atom stereocenters. The molecule has 0 spiro atoms. The Labute approximate surface area is 72.6 Å². The Kier molecular flexibility index (Phi) is 2.97. The maximum Gasteiger partial charge on any atom is 0.151 e. The van der Waals surface area contributed by atoms with Crippen molar-refractivity contribution in [3.63, 3.8) is 0 Å². The fourth-order valence-electron chi connectivity index (χ4n) is 0.987. The van der Waals surface area contributed by atoms with Crippen LogP contribution in [0.4, 0.5) is 0 Å². The molecule has 64 valence electrons. The molecular weight excluding hydrogens is 150 g/mol. The number of hydrogen-bond donors (Lipinski definition) is 0. The van der Waals surface area contributed by atoms with Crippen molar-refractivity contribution in [2.45, 2.75) is 26.2 Å². The van der Waals surface area contributed by atoms with Crippen LogP contribution in [0.15, 0.2) is 18.3 Å². The number of hydrogen-bond acceptors (Lipinski definition) is 2. The fourth-order valence-corrected chi connectivity index (χ4v) is 0.987. The van der Waals surface area contributed by atoms with E-state index in [1.165, 1.54) is 0 Å². The minimum atomic E-state index is 0.478. The smallest absolute Gasteiger partial charge is 0.151 e. The predicted octanol–water partition coefficient (Wildman–Crippen LogP) is 2.41. The zero-order valence-electron chi connectivity index (χ0n) is 7.45. The quantitative estimate of drug-likeness (QED) is 0.640. The lowest BCUT2D eigenvalue weighted by Gasteiger charge is -2.06. The molecule has 0 aromatic carbocycles. The van der Waals surface area contributed by atoms with Crippen molar-refractivity contribution in [1.82, 2.24) is 4.98 Å². The van der Waals surface area contributed by atoms with Crippen LogP contribution in [0.2, 0.25) is 0 Å². The first-order valence-corrected chi connectivity index (χ1v) is 4.19. The first-order chi connectivity index (χ1) is 5.77. The normalized spacial score (nSPS) is 12.5. The summed E-state index contributed by atoms with van der Waals surface area (Å²) in [5, 5.41) is 0. The van der Waals surface area contributed by atoms with Gasteiger partial charge >= 0.3 is 0 Å². The second-order valence-electron chi connectivity index (χ2n) is 2.94. The minimum absolute atomic E-state index is 0.478. The molecule has 0 radical (unpaired) electrons. The second kappa shape index (κ2) is 4.00. The van der Waals surface area contributed by atoms with Gasteiger partial charge in [0.05, 0.1) is 0 Å². The molecule has 2 nitrogen and oxygen atoms in total. The summed E-state index contributed by atoms with van der Waals surface area (Å²) in [6.45, 7) is 4.25. The fraction of sp³-hybridized carbons (Fsp3) is 0.400. The predicted molar refractivity (Wildman–Crippen MR) is 48.3 cm³/mol. The maximum atomic E-state index is 10.3. The van der Waals surface area contributed by atoms with Gasteiger partial charge in [-0.05, 0) is 24.5 Å². The molecule has 1 aromatic heterocycles. The summed E-state index contributed by atoms with van der Waals surface area (Å²) in [6.07, 6.45) is 3.51. The molecule has 0 aliphatic heterocycles. The van der Waals surface area contributed by atoms with Gasteiger partial charge in [0.15, 0.2) is 6.29 Å². The SMILES string of the molecule is CCC(C)c1ccc(C=O)cn1. The Morgan fingerprint density at radius 2 is 2.33 bits per heavy atom. The van der Waals surface area contributed by atoms with Gasteiger partial charge in [0.2, 0.25) is 0 Å². The minimum Gasteiger partial charge on any atom is -0.298 e. The van der Waals surface area contributed by atoms with Gasteiger partial charge in [0.1, 0.15) is 0 Å². The molecule has 1 aromatic rings. The zero-order chi connectivity index (χ0) is 8.97. The number of carbonyl (C=O) groups excluding carboxylic acids is 1. The number of pyridine rings is 1. The summed E-state index contributed by atoms with van der Waals surface area (Å²) in [6, 6.07) is 3.72. The molecule has 1 heterocycles. The van der Waals surface area contributed by atoms with E-state index in [0.717, 1.165) is 18.4 Å². The lowest BCUT2D eigenvalue weighted by molar-refractivity contribution is 0.112. The van der Waals surface area contributed by atoms with Crippen LogP contribution in [-0.2, 0) is 0 Å². The van der Waals surface area contributed by atoms with Crippen LogP contribution in [0.5, 0.6) is 0 Å². The van der Waals surface area contributed by atoms with Gasteiger partial charge in [0, 0.05) is 17.5 Å². The van der Waals surface area contributed by atoms with Crippen LogP contribution >= 0.6 is 0 Å². The van der Waals surface area contributed by atoms with E-state index in [1.54, 1.807) is 6.20 Å². The average molecular weight is 163 g/mol. The molecule has 1 rings (SSSR count). The molecule has 12 heavy (non-hydrogen) atoms. The Bertz CT molecular complexity index is 253. The van der Waals surface area contributed by atoms with Crippen LogP contribution in [-0.4, -0.2) is 11.3 Å². The molecular formula is C10H13NO. The van der Waals surface area contributed by atoms with E-state index in [1.807, 2.05) is 12.1 Å². The lowest BCUT2D eigenvalue weighted by atomic mass is 10.0. The van der Waals surface area contributed by atoms with E-state index < -0.39 is 0 Å². The van der Waals surface area contributed by atoms with E-state index in [-0.39, 0.29) is 0 Å². The van der Waals surface area contributed by atoms with Crippen molar-refractivity contribution in [3.8, 4) is 0 Å². The number of nitrogens with zero attached hydrogens (tertiary/aromatic N) is 1. The standard InChI is InChI=1S/C10H13NO/c1-3-8(2)10-5-4-9(7-12)6-11-10/h4-8H,3H2,1-2H3. The van der Waals surface area contributed by atoms with Crippen molar-refractivity contribution in [2.75, 3.05) is 0 Å². The number of aromatic nitrogens is 1. The highest BCUT2D eigenvalue weighted by molar-refractivity contribution is 5.73. The first-order valence-electron chi connectivity index (χ1n) is 4.19. The molecule has 0 saturated carbocycles. The van der Waals surface area contributed by atoms with E-state index in [4.69, 9.17) is 0 Å². The Morgan fingerprint density at radius 3 is 2.75 bits per heavy atom. The molecule has 0 aliphatic carbocycles. The molecule has 0 N–H and O–H groups in total. The van der Waals surface area contributed by atoms with Crippen molar-refractivity contribution < 1.29 is 4.79 Å². The maximum absolute atomic E-state index is 10.3. The van der Waals surface area contributed by atoms with Crippen LogP contribution in [0.1, 0.15) is 42.2 Å². The molecule has 2 heteroatoms. The van der Waals surface area contributed by atoms with Gasteiger partial charge in [-0.15, -0.1) is 0 Å². The Hall–Kier alpha value is -1.18. The molecule has 0 saturated heterocycles. The van der Waals surface area contributed by atoms with Crippen LogP contribution in [0.3, 0.4) is 0 Å². The second-order valence-corrected chi connectivity index (χ2v) is 2.94. The third-order valence-corrected chi connectivity index (χ3v) is 2.06. The number of rotatable bonds is 3. The van der Waals surface area contributed by atoms with Crippen molar-refractivity contribution in [3.05, 3.63) is 29.6 Å². The molecule has 0 amide bonds. The van der Waals surface area contributed by atoms with Gasteiger partial charge in [-0.3, -0.25) is 9.78 Å². The summed E-state index contributed by atoms with van der Waals surface area (Å²) in [5.41, 5.74) is 1.70. The van der Waals surface area contributed by atoms with Crippen molar-refractivity contribution in [2.24, 2.45) is 0 Å². The van der Waals surface area contributed by atoms with Gasteiger partial charge < -0.3 is 0 Å². The number of carbonyl (C=O) groups is 1. The highest BCUT2D eigenvalue weighted by atomic mass is 16.1. The van der Waals surface area contributed by atoms with Crippen LogP contribution < -0.4 is 0 Å². The monoisotopic (exact) mass is 163 g/mol. The molecule has 0 fully saturated rings. The number of aldehydes is 1. The van der Waals surface area contributed by atoms with Gasteiger partial charge in [-0.1, -0.05) is 13.8 Å². The Morgan fingerprint density at radius 1 is 1.58 bits per heavy atom. The van der Waals surface area contributed by atoms with E-state index in [2.05, 4.69) is 18.8 Å². The van der Waals surface area contributed by atoms with Crippen LogP contribution in [0.25, 0.3) is 0 Å². The summed E-state index contributed by atoms with van der Waals surface area (Å²) >= 11 is 0. The van der Waals surface area contributed by atoms with Crippen molar-refractivity contribution in [1.29, 1.82) is 0 Å². The third-order valence-electron chi connectivity index (χ3n) is 2.06.